The van der Waals surface area contributed by atoms with Crippen LogP contribution < -0.4 is 9.64 Å². The fourth-order valence-corrected chi connectivity index (χ4v) is 5.85. The number of imide groups is 1. The van der Waals surface area contributed by atoms with Gasteiger partial charge in [-0.15, -0.1) is 0 Å². The maximum Gasteiger partial charge on any atom is 0.241 e. The molecule has 180 valence electrons. The minimum Gasteiger partial charge on any atom is -0.494 e. The van der Waals surface area contributed by atoms with Gasteiger partial charge in [-0.2, -0.15) is 0 Å². The molecule has 2 fully saturated rings. The number of nitrogens with zero attached hydrogens (tertiary/aromatic N) is 1. The SMILES string of the molecule is CCOc1ccc(N2C(=O)[C@@H]3[C@H](c4ccc(Br)cc4)OC4(C(=O)c5ccccc5C4=O)[C@H]3C2=O)cc1. The van der Waals surface area contributed by atoms with E-state index in [1.54, 1.807) is 72.8 Å². The number of fused-ring (bicyclic) bond motifs is 3. The molecule has 3 aromatic carbocycles. The molecule has 2 heterocycles. The zero-order chi connectivity index (χ0) is 25.2. The number of hydrogen-bond donors (Lipinski definition) is 0. The van der Waals surface area contributed by atoms with Crippen molar-refractivity contribution in [1.82, 2.24) is 0 Å². The molecule has 7 nitrogen and oxygen atoms in total. The topological polar surface area (TPSA) is 90.0 Å². The molecule has 1 aliphatic carbocycles. The fraction of sp³-hybridized carbons (Fsp3) is 0.214. The van der Waals surface area contributed by atoms with Crippen LogP contribution in [0, 0.1) is 11.8 Å². The van der Waals surface area contributed by atoms with Crippen molar-refractivity contribution >= 4 is 45.0 Å². The summed E-state index contributed by atoms with van der Waals surface area (Å²) < 4.78 is 12.6. The van der Waals surface area contributed by atoms with E-state index in [1.807, 2.05) is 6.92 Å². The van der Waals surface area contributed by atoms with E-state index in [-0.39, 0.29) is 11.1 Å². The molecule has 3 aliphatic rings. The zero-order valence-electron chi connectivity index (χ0n) is 19.1. The summed E-state index contributed by atoms with van der Waals surface area (Å²) >= 11 is 3.40. The zero-order valence-corrected chi connectivity index (χ0v) is 20.7. The Morgan fingerprint density at radius 2 is 1.47 bits per heavy atom. The molecule has 3 atom stereocenters. The smallest absolute Gasteiger partial charge is 0.241 e. The van der Waals surface area contributed by atoms with E-state index in [0.717, 1.165) is 9.37 Å². The van der Waals surface area contributed by atoms with Crippen LogP contribution in [0.4, 0.5) is 5.69 Å². The van der Waals surface area contributed by atoms with Gasteiger partial charge in [-0.05, 0) is 48.9 Å². The summed E-state index contributed by atoms with van der Waals surface area (Å²) in [7, 11) is 0. The van der Waals surface area contributed by atoms with Crippen LogP contribution in [-0.2, 0) is 14.3 Å². The van der Waals surface area contributed by atoms with Gasteiger partial charge >= 0.3 is 0 Å². The maximum atomic E-state index is 13.9. The number of ether oxygens (including phenoxy) is 2. The van der Waals surface area contributed by atoms with Crippen molar-refractivity contribution in [3.8, 4) is 5.75 Å². The second-order valence-corrected chi connectivity index (χ2v) is 9.89. The van der Waals surface area contributed by atoms with Crippen molar-refractivity contribution in [3.63, 3.8) is 0 Å². The predicted molar refractivity (Wildman–Crippen MR) is 133 cm³/mol. The van der Waals surface area contributed by atoms with Crippen LogP contribution in [0.2, 0.25) is 0 Å². The Hall–Kier alpha value is -3.62. The highest BCUT2D eigenvalue weighted by atomic mass is 79.9. The van der Waals surface area contributed by atoms with E-state index in [4.69, 9.17) is 9.47 Å². The molecule has 0 unspecified atom stereocenters. The molecule has 2 aliphatic heterocycles. The number of Topliss-reactive ketones (excluding diaryl/α,β-unsaturated/α-hetero) is 2. The van der Waals surface area contributed by atoms with E-state index in [1.165, 1.54) is 0 Å². The summed E-state index contributed by atoms with van der Waals surface area (Å²) in [4.78, 5) is 56.4. The van der Waals surface area contributed by atoms with Crippen LogP contribution >= 0.6 is 15.9 Å². The molecule has 6 rings (SSSR count). The van der Waals surface area contributed by atoms with Crippen LogP contribution in [0.15, 0.2) is 77.3 Å². The van der Waals surface area contributed by atoms with Crippen molar-refractivity contribution in [3.05, 3.63) is 94.0 Å². The van der Waals surface area contributed by atoms with E-state index >= 15 is 0 Å². The lowest BCUT2D eigenvalue weighted by molar-refractivity contribution is -0.127. The molecule has 0 radical (unpaired) electrons. The van der Waals surface area contributed by atoms with Gasteiger partial charge in [-0.3, -0.25) is 19.2 Å². The Kier molecular flexibility index (Phi) is 5.21. The summed E-state index contributed by atoms with van der Waals surface area (Å²) in [5.74, 6) is -3.99. The first kappa shape index (κ1) is 22.8. The number of hydrogen-bond acceptors (Lipinski definition) is 6. The lowest BCUT2D eigenvalue weighted by Gasteiger charge is -2.27. The van der Waals surface area contributed by atoms with E-state index in [2.05, 4.69) is 15.9 Å². The highest BCUT2D eigenvalue weighted by molar-refractivity contribution is 9.10. The van der Waals surface area contributed by atoms with E-state index in [9.17, 15) is 19.2 Å². The Labute approximate surface area is 215 Å². The second kappa shape index (κ2) is 8.21. The summed E-state index contributed by atoms with van der Waals surface area (Å²) in [6.07, 6.45) is -0.950. The minimum absolute atomic E-state index is 0.206. The molecule has 3 aromatic rings. The predicted octanol–water partition coefficient (Wildman–Crippen LogP) is 4.54. The molecule has 1 spiro atoms. The molecule has 2 saturated heterocycles. The average Bonchev–Trinajstić information content (AvgIpc) is 3.45. The fourth-order valence-electron chi connectivity index (χ4n) is 5.58. The van der Waals surface area contributed by atoms with Crippen LogP contribution in [0.1, 0.15) is 39.3 Å². The number of carbonyl (C=O) groups excluding carboxylic acids is 4. The van der Waals surface area contributed by atoms with Gasteiger partial charge in [0.05, 0.1) is 30.2 Å². The number of amides is 2. The third-order valence-electron chi connectivity index (χ3n) is 7.12. The van der Waals surface area contributed by atoms with Gasteiger partial charge in [-0.25, -0.2) is 4.90 Å². The number of rotatable bonds is 4. The van der Waals surface area contributed by atoms with Crippen LogP contribution in [-0.4, -0.2) is 35.6 Å². The van der Waals surface area contributed by atoms with Gasteiger partial charge in [0, 0.05) is 15.6 Å². The molecule has 8 heteroatoms. The van der Waals surface area contributed by atoms with Gasteiger partial charge in [0.25, 0.3) is 0 Å². The summed E-state index contributed by atoms with van der Waals surface area (Å²) in [5.41, 5.74) is -0.715. The molecular formula is C28H20BrNO6. The third-order valence-corrected chi connectivity index (χ3v) is 7.65. The van der Waals surface area contributed by atoms with E-state index < -0.39 is 46.9 Å². The van der Waals surface area contributed by atoms with Crippen molar-refractivity contribution in [2.45, 2.75) is 18.6 Å². The Balaban J connectivity index is 1.49. The molecule has 36 heavy (non-hydrogen) atoms. The van der Waals surface area contributed by atoms with Crippen LogP contribution in [0.3, 0.4) is 0 Å². The molecule has 2 amide bonds. The first-order chi connectivity index (χ1) is 17.4. The maximum absolute atomic E-state index is 13.9. The van der Waals surface area contributed by atoms with Gasteiger partial charge in [0.15, 0.2) is 0 Å². The summed E-state index contributed by atoms with van der Waals surface area (Å²) in [6, 6.07) is 20.1. The van der Waals surface area contributed by atoms with Gasteiger partial charge in [0.2, 0.25) is 29.0 Å². The van der Waals surface area contributed by atoms with Gasteiger partial charge in [0.1, 0.15) is 5.75 Å². The number of benzene rings is 3. The van der Waals surface area contributed by atoms with Crippen molar-refractivity contribution < 1.29 is 28.7 Å². The number of carbonyl (C=O) groups is 4. The minimum atomic E-state index is -2.08. The lowest BCUT2D eigenvalue weighted by Crippen LogP contribution is -2.51. The monoisotopic (exact) mass is 545 g/mol. The van der Waals surface area contributed by atoms with Crippen LogP contribution in [0.5, 0.6) is 5.75 Å². The highest BCUT2D eigenvalue weighted by Crippen LogP contribution is 2.57. The van der Waals surface area contributed by atoms with Crippen molar-refractivity contribution in [2.24, 2.45) is 11.8 Å². The third kappa shape index (κ3) is 3.01. The number of halogens is 1. The Morgan fingerprint density at radius 3 is 2.06 bits per heavy atom. The van der Waals surface area contributed by atoms with Crippen molar-refractivity contribution in [2.75, 3.05) is 11.5 Å². The van der Waals surface area contributed by atoms with E-state index in [0.29, 0.717) is 23.6 Å². The van der Waals surface area contributed by atoms with Crippen LogP contribution in [0.25, 0.3) is 0 Å². The molecular weight excluding hydrogens is 526 g/mol. The first-order valence-electron chi connectivity index (χ1n) is 11.6. The largest absolute Gasteiger partial charge is 0.494 e. The number of anilines is 1. The quantitative estimate of drug-likeness (QED) is 0.353. The Bertz CT molecular complexity index is 1400. The molecule has 0 N–H and O–H groups in total. The first-order valence-corrected chi connectivity index (χ1v) is 12.4. The number of ketones is 2. The van der Waals surface area contributed by atoms with Gasteiger partial charge < -0.3 is 9.47 Å². The molecule has 0 aromatic heterocycles. The summed E-state index contributed by atoms with van der Waals surface area (Å²) in [5, 5.41) is 0. The second-order valence-electron chi connectivity index (χ2n) is 8.97. The lowest BCUT2D eigenvalue weighted by atomic mass is 9.77. The molecule has 0 bridgehead atoms. The molecule has 0 saturated carbocycles. The highest BCUT2D eigenvalue weighted by Gasteiger charge is 2.74. The standard InChI is InChI=1S/C28H20BrNO6/c1-2-35-18-13-11-17(12-14-18)30-26(33)21-22(27(30)34)28(36-23(21)15-7-9-16(29)10-8-15)24(31)19-5-3-4-6-20(19)25(28)32/h3-14,21-23H,2H2,1H3/t21-,22+,23-/m0/s1. The van der Waals surface area contributed by atoms with Gasteiger partial charge in [-0.1, -0.05) is 52.3 Å². The van der Waals surface area contributed by atoms with Crippen molar-refractivity contribution in [1.29, 1.82) is 0 Å². The average molecular weight is 546 g/mol. The Morgan fingerprint density at radius 1 is 0.861 bits per heavy atom. The normalized spacial score (nSPS) is 23.9. The summed E-state index contributed by atoms with van der Waals surface area (Å²) in [6.45, 7) is 2.34.